The van der Waals surface area contributed by atoms with Crippen LogP contribution in [0, 0.1) is 5.92 Å². The third kappa shape index (κ3) is 6.50. The molecule has 2 N–H and O–H groups in total. The molecular formula is C25H29ClN2O4. The summed E-state index contributed by atoms with van der Waals surface area (Å²) in [6, 6.07) is 10.8. The summed E-state index contributed by atoms with van der Waals surface area (Å²) in [4.78, 5) is 24.3. The Kier molecular flexibility index (Phi) is 7.80. The Morgan fingerprint density at radius 2 is 1.81 bits per heavy atom. The molecule has 6 nitrogen and oxygen atoms in total. The van der Waals surface area contributed by atoms with Gasteiger partial charge in [-0.3, -0.25) is 9.59 Å². The smallest absolute Gasteiger partial charge is 0.244 e. The molecule has 0 bridgehead atoms. The molecule has 0 saturated heterocycles. The maximum atomic E-state index is 12.4. The van der Waals surface area contributed by atoms with E-state index >= 15 is 0 Å². The zero-order chi connectivity index (χ0) is 23.3. The summed E-state index contributed by atoms with van der Waals surface area (Å²) in [5.74, 6) is 0.990. The minimum Gasteiger partial charge on any atom is -0.493 e. The molecule has 0 heterocycles. The second kappa shape index (κ2) is 10.6. The van der Waals surface area contributed by atoms with Crippen molar-refractivity contribution in [2.24, 2.45) is 5.92 Å². The predicted octanol–water partition coefficient (Wildman–Crippen LogP) is 5.37. The van der Waals surface area contributed by atoms with Gasteiger partial charge in [-0.15, -0.1) is 0 Å². The standard InChI is InChI=1S/C25H29ClN2O4/c1-15(2)32-24-21(26)13-17(14-22(24)31-4)5-12-23(29)27-16(3)18-8-10-20(11-9-18)28-25(30)19-6-7-19/h5,8-16,19H,6-7H2,1-4H3,(H,27,29)(H,28,30)/b12-5+. The highest BCUT2D eigenvalue weighted by Gasteiger charge is 2.29. The van der Waals surface area contributed by atoms with E-state index in [1.165, 1.54) is 6.08 Å². The third-order valence-electron chi connectivity index (χ3n) is 5.02. The molecule has 7 heteroatoms. The van der Waals surface area contributed by atoms with Crippen LogP contribution in [0.5, 0.6) is 11.5 Å². The van der Waals surface area contributed by atoms with Crippen molar-refractivity contribution in [3.63, 3.8) is 0 Å². The van der Waals surface area contributed by atoms with Gasteiger partial charge >= 0.3 is 0 Å². The highest BCUT2D eigenvalue weighted by molar-refractivity contribution is 6.32. The van der Waals surface area contributed by atoms with Crippen LogP contribution in [0.25, 0.3) is 6.08 Å². The van der Waals surface area contributed by atoms with Gasteiger partial charge in [0, 0.05) is 17.7 Å². The fourth-order valence-electron chi connectivity index (χ4n) is 3.15. The maximum absolute atomic E-state index is 12.4. The highest BCUT2D eigenvalue weighted by Crippen LogP contribution is 2.37. The molecule has 1 aliphatic rings. The number of carbonyl (C=O) groups excluding carboxylic acids is 2. The molecule has 1 atom stereocenters. The number of amides is 2. The molecule has 170 valence electrons. The summed E-state index contributed by atoms with van der Waals surface area (Å²) < 4.78 is 11.1. The Morgan fingerprint density at radius 3 is 2.41 bits per heavy atom. The van der Waals surface area contributed by atoms with Crippen LogP contribution in [-0.4, -0.2) is 25.0 Å². The number of halogens is 1. The van der Waals surface area contributed by atoms with Gasteiger partial charge < -0.3 is 20.1 Å². The second-order valence-corrected chi connectivity index (χ2v) is 8.56. The van der Waals surface area contributed by atoms with Gasteiger partial charge in [-0.2, -0.15) is 0 Å². The molecule has 3 rings (SSSR count). The first-order valence-electron chi connectivity index (χ1n) is 10.7. The monoisotopic (exact) mass is 456 g/mol. The lowest BCUT2D eigenvalue weighted by molar-refractivity contribution is -0.118. The lowest BCUT2D eigenvalue weighted by Crippen LogP contribution is -2.24. The zero-order valence-electron chi connectivity index (χ0n) is 18.8. The molecule has 1 aliphatic carbocycles. The van der Waals surface area contributed by atoms with Crippen molar-refractivity contribution in [2.45, 2.75) is 45.8 Å². The Hall–Kier alpha value is -2.99. The van der Waals surface area contributed by atoms with E-state index in [2.05, 4.69) is 10.6 Å². The summed E-state index contributed by atoms with van der Waals surface area (Å²) in [6.07, 6.45) is 5.02. The summed E-state index contributed by atoms with van der Waals surface area (Å²) in [5.41, 5.74) is 2.43. The first-order valence-corrected chi connectivity index (χ1v) is 11.1. The Bertz CT molecular complexity index is 998. The van der Waals surface area contributed by atoms with Crippen molar-refractivity contribution >= 4 is 35.2 Å². The molecule has 0 radical (unpaired) electrons. The summed E-state index contributed by atoms with van der Waals surface area (Å²) in [5, 5.41) is 6.26. The molecule has 2 amide bonds. The van der Waals surface area contributed by atoms with Crippen LogP contribution < -0.4 is 20.1 Å². The van der Waals surface area contributed by atoms with E-state index in [1.54, 1.807) is 25.3 Å². The fourth-order valence-corrected chi connectivity index (χ4v) is 3.41. The molecule has 2 aromatic rings. The third-order valence-corrected chi connectivity index (χ3v) is 5.30. The van der Waals surface area contributed by atoms with E-state index in [0.29, 0.717) is 16.5 Å². The number of methoxy groups -OCH3 is 1. The first-order chi connectivity index (χ1) is 15.3. The molecule has 1 unspecified atom stereocenters. The number of ether oxygens (including phenoxy) is 2. The number of carbonyl (C=O) groups is 2. The van der Waals surface area contributed by atoms with E-state index in [4.69, 9.17) is 21.1 Å². The molecule has 32 heavy (non-hydrogen) atoms. The number of benzene rings is 2. The fraction of sp³-hybridized carbons (Fsp3) is 0.360. The maximum Gasteiger partial charge on any atom is 0.244 e. The van der Waals surface area contributed by atoms with Crippen LogP contribution in [-0.2, 0) is 9.59 Å². The van der Waals surface area contributed by atoms with Crippen molar-refractivity contribution in [2.75, 3.05) is 12.4 Å². The van der Waals surface area contributed by atoms with Gasteiger partial charge in [0.05, 0.1) is 24.3 Å². The average Bonchev–Trinajstić information content (AvgIpc) is 3.59. The Balaban J connectivity index is 1.59. The first kappa shape index (κ1) is 23.7. The number of rotatable bonds is 9. The zero-order valence-corrected chi connectivity index (χ0v) is 19.5. The van der Waals surface area contributed by atoms with E-state index in [-0.39, 0.29) is 29.9 Å². The number of hydrogen-bond donors (Lipinski definition) is 2. The molecule has 1 saturated carbocycles. The van der Waals surface area contributed by atoms with Crippen LogP contribution in [0.3, 0.4) is 0 Å². The van der Waals surface area contributed by atoms with Gasteiger partial charge in [-0.05, 0) is 75.1 Å². The van der Waals surface area contributed by atoms with Crippen molar-refractivity contribution in [3.05, 3.63) is 58.6 Å². The van der Waals surface area contributed by atoms with E-state index in [0.717, 1.165) is 29.7 Å². The summed E-state index contributed by atoms with van der Waals surface area (Å²) >= 11 is 6.34. The molecule has 0 aliphatic heterocycles. The van der Waals surface area contributed by atoms with Gasteiger partial charge in [-0.1, -0.05) is 23.7 Å². The van der Waals surface area contributed by atoms with Crippen LogP contribution in [0.4, 0.5) is 5.69 Å². The minimum atomic E-state index is -0.235. The van der Waals surface area contributed by atoms with Crippen molar-refractivity contribution < 1.29 is 19.1 Å². The quantitative estimate of drug-likeness (QED) is 0.497. The molecule has 2 aromatic carbocycles. The van der Waals surface area contributed by atoms with E-state index < -0.39 is 0 Å². The van der Waals surface area contributed by atoms with Crippen molar-refractivity contribution in [1.29, 1.82) is 0 Å². The SMILES string of the molecule is COc1cc(/C=C/C(=O)NC(C)c2ccc(NC(=O)C3CC3)cc2)cc(Cl)c1OC(C)C. The molecule has 1 fully saturated rings. The average molecular weight is 457 g/mol. The normalized spacial score (nSPS) is 14.3. The van der Waals surface area contributed by atoms with Gasteiger partial charge in [0.1, 0.15) is 0 Å². The number of nitrogens with one attached hydrogen (secondary N) is 2. The largest absolute Gasteiger partial charge is 0.493 e. The lowest BCUT2D eigenvalue weighted by Gasteiger charge is -2.16. The van der Waals surface area contributed by atoms with Gasteiger partial charge in [-0.25, -0.2) is 0 Å². The summed E-state index contributed by atoms with van der Waals surface area (Å²) in [6.45, 7) is 5.72. The minimum absolute atomic E-state index is 0.0430. The molecular weight excluding hydrogens is 428 g/mol. The Morgan fingerprint density at radius 1 is 1.12 bits per heavy atom. The van der Waals surface area contributed by atoms with Crippen molar-refractivity contribution in [3.8, 4) is 11.5 Å². The van der Waals surface area contributed by atoms with Crippen LogP contribution in [0.1, 0.15) is 50.8 Å². The van der Waals surface area contributed by atoms with E-state index in [9.17, 15) is 9.59 Å². The van der Waals surface area contributed by atoms with Crippen molar-refractivity contribution in [1.82, 2.24) is 5.32 Å². The predicted molar refractivity (Wildman–Crippen MR) is 127 cm³/mol. The Labute approximate surface area is 193 Å². The van der Waals surface area contributed by atoms with Gasteiger partial charge in [0.2, 0.25) is 11.8 Å². The topological polar surface area (TPSA) is 76.7 Å². The summed E-state index contributed by atoms with van der Waals surface area (Å²) in [7, 11) is 1.55. The van der Waals surface area contributed by atoms with Gasteiger partial charge in [0.15, 0.2) is 11.5 Å². The molecule has 0 aromatic heterocycles. The molecule has 0 spiro atoms. The van der Waals surface area contributed by atoms with Crippen LogP contribution >= 0.6 is 11.6 Å². The highest BCUT2D eigenvalue weighted by atomic mass is 35.5. The van der Waals surface area contributed by atoms with E-state index in [1.807, 2.05) is 45.0 Å². The second-order valence-electron chi connectivity index (χ2n) is 8.15. The number of anilines is 1. The number of hydrogen-bond acceptors (Lipinski definition) is 4. The van der Waals surface area contributed by atoms with Gasteiger partial charge in [0.25, 0.3) is 0 Å². The van der Waals surface area contributed by atoms with Crippen LogP contribution in [0.2, 0.25) is 5.02 Å². The lowest BCUT2D eigenvalue weighted by atomic mass is 10.1. The van der Waals surface area contributed by atoms with Crippen LogP contribution in [0.15, 0.2) is 42.5 Å².